The maximum absolute atomic E-state index is 12.8. The molecule has 0 spiro atoms. The van der Waals surface area contributed by atoms with Crippen LogP contribution in [0.2, 0.25) is 0 Å². The number of hydrogen-bond acceptors (Lipinski definition) is 3. The first kappa shape index (κ1) is 22.0. The van der Waals surface area contributed by atoms with Crippen molar-refractivity contribution in [2.45, 2.75) is 79.1 Å². The van der Waals surface area contributed by atoms with Gasteiger partial charge in [0.1, 0.15) is 4.83 Å². The van der Waals surface area contributed by atoms with Crippen molar-refractivity contribution in [3.8, 4) is 11.1 Å². The molecule has 0 amide bonds. The van der Waals surface area contributed by atoms with E-state index in [2.05, 4.69) is 52.0 Å². The summed E-state index contributed by atoms with van der Waals surface area (Å²) in [7, 11) is 0. The Morgan fingerprint density at radius 2 is 1.71 bits per heavy atom. The van der Waals surface area contributed by atoms with Gasteiger partial charge in [-0.05, 0) is 80.5 Å². The number of thiophene rings is 1. The van der Waals surface area contributed by atoms with E-state index in [4.69, 9.17) is 4.98 Å². The highest BCUT2D eigenvalue weighted by molar-refractivity contribution is 7.19. The van der Waals surface area contributed by atoms with Gasteiger partial charge < -0.3 is 5.11 Å². The average Bonchev–Trinajstić information content (AvgIpc) is 3.04. The van der Waals surface area contributed by atoms with Crippen LogP contribution in [0.5, 0.6) is 0 Å². The molecule has 1 aliphatic carbocycles. The molecule has 3 nitrogen and oxygen atoms in total. The molecule has 2 aromatic heterocycles. The summed E-state index contributed by atoms with van der Waals surface area (Å²) in [5.74, 6) is -0.774. The Balaban J connectivity index is 2.14. The van der Waals surface area contributed by atoms with E-state index in [0.29, 0.717) is 6.42 Å². The molecule has 4 rings (SSSR count). The molecular formula is C27H33NO2S. The fraction of sp³-hybridized carbons (Fsp3) is 0.481. The largest absolute Gasteiger partial charge is 0.481 e. The molecule has 164 valence electrons. The molecule has 1 N–H and O–H groups in total. The van der Waals surface area contributed by atoms with Crippen molar-refractivity contribution in [3.63, 3.8) is 0 Å². The highest BCUT2D eigenvalue weighted by Gasteiger charge is 2.43. The monoisotopic (exact) mass is 435 g/mol. The topological polar surface area (TPSA) is 50.2 Å². The Morgan fingerprint density at radius 1 is 1.06 bits per heavy atom. The number of carboxylic acid groups (broad SMARTS) is 1. The van der Waals surface area contributed by atoms with Crippen LogP contribution in [0.25, 0.3) is 21.3 Å². The molecule has 2 heterocycles. The summed E-state index contributed by atoms with van der Waals surface area (Å²) >= 11 is 1.81. The summed E-state index contributed by atoms with van der Waals surface area (Å²) in [6.07, 6.45) is 5.13. The first-order valence-corrected chi connectivity index (χ1v) is 12.1. The molecule has 0 radical (unpaired) electrons. The lowest BCUT2D eigenvalue weighted by molar-refractivity contribution is -0.144. The average molecular weight is 436 g/mol. The van der Waals surface area contributed by atoms with Crippen LogP contribution in [0.4, 0.5) is 0 Å². The van der Waals surface area contributed by atoms with Gasteiger partial charge in [0.25, 0.3) is 0 Å². The lowest BCUT2D eigenvalue weighted by Gasteiger charge is -2.35. The molecule has 0 saturated carbocycles. The number of aryl methyl sites for hydroxylation is 4. The van der Waals surface area contributed by atoms with E-state index in [1.165, 1.54) is 34.2 Å². The predicted molar refractivity (Wildman–Crippen MR) is 130 cm³/mol. The van der Waals surface area contributed by atoms with Crippen LogP contribution in [0.1, 0.15) is 74.2 Å². The molecule has 0 aliphatic heterocycles. The second-order valence-corrected chi connectivity index (χ2v) is 11.7. The van der Waals surface area contributed by atoms with Crippen molar-refractivity contribution in [1.29, 1.82) is 0 Å². The Labute approximate surface area is 189 Å². The molecule has 1 unspecified atom stereocenters. The van der Waals surface area contributed by atoms with Gasteiger partial charge in [-0.1, -0.05) is 50.6 Å². The summed E-state index contributed by atoms with van der Waals surface area (Å²) in [6.45, 7) is 12.3. The van der Waals surface area contributed by atoms with Crippen molar-refractivity contribution in [2.75, 3.05) is 0 Å². The van der Waals surface area contributed by atoms with Gasteiger partial charge in [-0.15, -0.1) is 11.3 Å². The van der Waals surface area contributed by atoms with E-state index < -0.39 is 11.4 Å². The highest BCUT2D eigenvalue weighted by atomic mass is 32.1. The van der Waals surface area contributed by atoms with Crippen molar-refractivity contribution in [2.24, 2.45) is 5.41 Å². The number of hydrogen-bond donors (Lipinski definition) is 1. The van der Waals surface area contributed by atoms with Gasteiger partial charge in [-0.3, -0.25) is 4.79 Å². The number of carbonyl (C=O) groups is 1. The second kappa shape index (κ2) is 7.74. The quantitative estimate of drug-likeness (QED) is 0.470. The van der Waals surface area contributed by atoms with E-state index in [0.717, 1.165) is 40.1 Å². The zero-order valence-electron chi connectivity index (χ0n) is 19.6. The molecule has 31 heavy (non-hydrogen) atoms. The third-order valence-corrected chi connectivity index (χ3v) is 7.72. The Kier molecular flexibility index (Phi) is 5.49. The summed E-state index contributed by atoms with van der Waals surface area (Å²) in [4.78, 5) is 20.3. The van der Waals surface area contributed by atoms with Crippen LogP contribution < -0.4 is 0 Å². The minimum Gasteiger partial charge on any atom is -0.481 e. The van der Waals surface area contributed by atoms with Crippen molar-refractivity contribution in [1.82, 2.24) is 4.98 Å². The summed E-state index contributed by atoms with van der Waals surface area (Å²) in [6, 6.07) is 8.56. The van der Waals surface area contributed by atoms with Gasteiger partial charge in [-0.2, -0.15) is 0 Å². The predicted octanol–water partition coefficient (Wildman–Crippen LogP) is 7.24. The van der Waals surface area contributed by atoms with Gasteiger partial charge >= 0.3 is 5.97 Å². The SMILES string of the molecule is Cc1ccc(-c2c(C(C)(CC(C)(C)C)C(=O)O)c(C)nc3sc4c(c23)CCCC4)cc1. The second-order valence-electron chi connectivity index (χ2n) is 10.6. The molecule has 0 bridgehead atoms. The summed E-state index contributed by atoms with van der Waals surface area (Å²) in [5.41, 5.74) is 5.38. The van der Waals surface area contributed by atoms with Crippen LogP contribution in [0, 0.1) is 19.3 Å². The molecule has 0 saturated heterocycles. The van der Waals surface area contributed by atoms with E-state index in [1.54, 1.807) is 0 Å². The molecule has 1 aromatic carbocycles. The normalized spacial score (nSPS) is 16.2. The third kappa shape index (κ3) is 3.91. The van der Waals surface area contributed by atoms with Crippen molar-refractivity contribution >= 4 is 27.5 Å². The van der Waals surface area contributed by atoms with Crippen LogP contribution in [0.15, 0.2) is 24.3 Å². The number of carboxylic acids is 1. The number of aliphatic carboxylic acids is 1. The molecule has 0 fully saturated rings. The van der Waals surface area contributed by atoms with Crippen molar-refractivity contribution in [3.05, 3.63) is 51.5 Å². The number of rotatable bonds is 4. The molecular weight excluding hydrogens is 402 g/mol. The number of fused-ring (bicyclic) bond motifs is 3. The lowest BCUT2D eigenvalue weighted by atomic mass is 9.68. The highest BCUT2D eigenvalue weighted by Crippen LogP contribution is 2.48. The first-order valence-electron chi connectivity index (χ1n) is 11.3. The molecule has 1 atom stereocenters. The maximum atomic E-state index is 12.8. The van der Waals surface area contributed by atoms with E-state index >= 15 is 0 Å². The molecule has 3 aromatic rings. The van der Waals surface area contributed by atoms with Crippen LogP contribution in [-0.4, -0.2) is 16.1 Å². The Hall–Kier alpha value is -2.20. The van der Waals surface area contributed by atoms with Gasteiger partial charge in [0.2, 0.25) is 0 Å². The lowest BCUT2D eigenvalue weighted by Crippen LogP contribution is -2.38. The fourth-order valence-corrected chi connectivity index (χ4v) is 6.73. The Bertz CT molecular complexity index is 1150. The summed E-state index contributed by atoms with van der Waals surface area (Å²) in [5, 5.41) is 11.7. The number of nitrogens with zero attached hydrogens (tertiary/aromatic N) is 1. The van der Waals surface area contributed by atoms with Gasteiger partial charge in [-0.25, -0.2) is 4.98 Å². The zero-order valence-corrected chi connectivity index (χ0v) is 20.4. The van der Waals surface area contributed by atoms with E-state index in [1.807, 2.05) is 25.2 Å². The van der Waals surface area contributed by atoms with Gasteiger partial charge in [0.05, 0.1) is 5.41 Å². The fourth-order valence-electron chi connectivity index (χ4n) is 5.42. The zero-order chi connectivity index (χ0) is 22.6. The number of pyridine rings is 1. The van der Waals surface area contributed by atoms with Gasteiger partial charge in [0.15, 0.2) is 0 Å². The number of aromatic nitrogens is 1. The maximum Gasteiger partial charge on any atom is 0.313 e. The summed E-state index contributed by atoms with van der Waals surface area (Å²) < 4.78 is 0. The first-order chi connectivity index (χ1) is 14.5. The molecule has 1 aliphatic rings. The van der Waals surface area contributed by atoms with Crippen LogP contribution in [-0.2, 0) is 23.1 Å². The molecule has 4 heteroatoms. The van der Waals surface area contributed by atoms with E-state index in [9.17, 15) is 9.90 Å². The van der Waals surface area contributed by atoms with Gasteiger partial charge in [0, 0.05) is 16.0 Å². The van der Waals surface area contributed by atoms with E-state index in [-0.39, 0.29) is 5.41 Å². The van der Waals surface area contributed by atoms with Crippen LogP contribution in [0.3, 0.4) is 0 Å². The third-order valence-electron chi connectivity index (χ3n) is 6.53. The van der Waals surface area contributed by atoms with Crippen LogP contribution >= 0.6 is 11.3 Å². The minimum absolute atomic E-state index is 0.132. The smallest absolute Gasteiger partial charge is 0.313 e. The standard InChI is InChI=1S/C27H33NO2S/c1-16-11-13-18(14-12-16)21-22-19-9-7-8-10-20(19)31-24(22)28-17(2)23(21)27(6,25(29)30)15-26(3,4)5/h11-14H,7-10,15H2,1-6H3,(H,29,30). The number of benzene rings is 1. The Morgan fingerprint density at radius 3 is 2.32 bits per heavy atom. The van der Waals surface area contributed by atoms with Crippen molar-refractivity contribution < 1.29 is 9.90 Å². The minimum atomic E-state index is -1.02.